The van der Waals surface area contributed by atoms with Crippen LogP contribution in [-0.2, 0) is 0 Å². The first-order valence-corrected chi connectivity index (χ1v) is 6.02. The highest BCUT2D eigenvalue weighted by molar-refractivity contribution is 6.30. The summed E-state index contributed by atoms with van der Waals surface area (Å²) in [5.74, 6) is -1.27. The Hall–Kier alpha value is -2.67. The molecule has 21 heavy (non-hydrogen) atoms. The van der Waals surface area contributed by atoms with Gasteiger partial charge in [0.2, 0.25) is 5.75 Å². The van der Waals surface area contributed by atoms with Crippen LogP contribution in [-0.4, -0.2) is 10.8 Å². The Balaban J connectivity index is 2.52. The molecule has 2 rings (SSSR count). The Morgan fingerprint density at radius 2 is 2.00 bits per heavy atom. The summed E-state index contributed by atoms with van der Waals surface area (Å²) >= 11 is 5.82. The normalized spacial score (nSPS) is 10.2. The Bertz CT molecular complexity index is 675. The maximum absolute atomic E-state index is 13.3. The molecule has 0 aliphatic carbocycles. The molecule has 0 spiro atoms. The number of amidine groups is 1. The second-order valence-electron chi connectivity index (χ2n) is 4.03. The van der Waals surface area contributed by atoms with Crippen LogP contribution in [0.15, 0.2) is 36.4 Å². The van der Waals surface area contributed by atoms with Crippen molar-refractivity contribution in [2.24, 2.45) is 5.73 Å². The molecule has 0 heterocycles. The van der Waals surface area contributed by atoms with Gasteiger partial charge in [-0.15, -0.1) is 0 Å². The molecule has 0 amide bonds. The molecule has 0 fully saturated rings. The van der Waals surface area contributed by atoms with Crippen molar-refractivity contribution in [1.82, 2.24) is 0 Å². The molecule has 6 nitrogen and oxygen atoms in total. The molecule has 0 aliphatic rings. The highest BCUT2D eigenvalue weighted by Gasteiger charge is 2.18. The largest absolute Gasteiger partial charge is 0.449 e. The summed E-state index contributed by atoms with van der Waals surface area (Å²) in [6.45, 7) is 0. The monoisotopic (exact) mass is 309 g/mol. The van der Waals surface area contributed by atoms with E-state index in [0.717, 1.165) is 18.2 Å². The van der Waals surface area contributed by atoms with Gasteiger partial charge in [0, 0.05) is 23.2 Å². The maximum atomic E-state index is 13.3. The number of nitrogen functional groups attached to an aromatic ring is 1. The molecule has 108 valence electrons. The fraction of sp³-hybridized carbons (Fsp3) is 0. The first kappa shape index (κ1) is 14.7. The fourth-order valence-electron chi connectivity index (χ4n) is 1.64. The molecule has 2 aromatic rings. The number of ether oxygens (including phenoxy) is 1. The number of hydrogen-bond donors (Lipinski definition) is 2. The van der Waals surface area contributed by atoms with E-state index in [1.165, 1.54) is 18.2 Å². The van der Waals surface area contributed by atoms with Crippen molar-refractivity contribution in [2.75, 3.05) is 0 Å². The molecule has 0 unspecified atom stereocenters. The summed E-state index contributed by atoms with van der Waals surface area (Å²) in [5.41, 5.74) is 5.18. The van der Waals surface area contributed by atoms with Gasteiger partial charge in [0.15, 0.2) is 0 Å². The van der Waals surface area contributed by atoms with Gasteiger partial charge in [-0.05, 0) is 18.2 Å². The average molecular weight is 310 g/mol. The molecule has 3 N–H and O–H groups in total. The molecule has 0 aliphatic heterocycles. The summed E-state index contributed by atoms with van der Waals surface area (Å²) in [7, 11) is 0. The van der Waals surface area contributed by atoms with E-state index in [-0.39, 0.29) is 27.9 Å². The number of nitro benzene ring substituents is 1. The zero-order valence-electron chi connectivity index (χ0n) is 10.5. The van der Waals surface area contributed by atoms with Gasteiger partial charge in [-0.2, -0.15) is 0 Å². The first-order valence-electron chi connectivity index (χ1n) is 5.64. The van der Waals surface area contributed by atoms with Crippen molar-refractivity contribution in [3.05, 3.63) is 62.9 Å². The Morgan fingerprint density at radius 3 is 2.62 bits per heavy atom. The predicted octanol–water partition coefficient (Wildman–Crippen LogP) is 3.46. The van der Waals surface area contributed by atoms with Gasteiger partial charge in [0.25, 0.3) is 0 Å². The van der Waals surface area contributed by atoms with Crippen molar-refractivity contribution in [3.63, 3.8) is 0 Å². The molecular weight excluding hydrogens is 301 g/mol. The first-order chi connectivity index (χ1) is 9.88. The van der Waals surface area contributed by atoms with Crippen molar-refractivity contribution in [2.45, 2.75) is 0 Å². The zero-order valence-corrected chi connectivity index (χ0v) is 11.2. The third kappa shape index (κ3) is 3.26. The van der Waals surface area contributed by atoms with Gasteiger partial charge in [0.1, 0.15) is 17.4 Å². The van der Waals surface area contributed by atoms with Crippen LogP contribution in [0.3, 0.4) is 0 Å². The standard InChI is InChI=1S/C13H9ClFN3O3/c14-7-1-3-9(13(16)17)11(5-7)21-12-6-8(15)2-4-10(12)18(19)20/h1-6H,(H3,16,17). The predicted molar refractivity (Wildman–Crippen MR) is 75.6 cm³/mol. The van der Waals surface area contributed by atoms with Gasteiger partial charge >= 0.3 is 5.69 Å². The summed E-state index contributed by atoms with van der Waals surface area (Å²) in [6, 6.07) is 7.09. The number of rotatable bonds is 4. The van der Waals surface area contributed by atoms with E-state index in [4.69, 9.17) is 27.5 Å². The third-order valence-electron chi connectivity index (χ3n) is 2.57. The number of nitrogens with one attached hydrogen (secondary N) is 1. The minimum absolute atomic E-state index is 0.0312. The van der Waals surface area contributed by atoms with Crippen LogP contribution in [0.1, 0.15) is 5.56 Å². The molecule has 8 heteroatoms. The minimum Gasteiger partial charge on any atom is -0.449 e. The molecule has 0 atom stereocenters. The zero-order chi connectivity index (χ0) is 15.6. The van der Waals surface area contributed by atoms with E-state index in [2.05, 4.69) is 0 Å². The van der Waals surface area contributed by atoms with E-state index < -0.39 is 16.4 Å². The number of nitrogens with zero attached hydrogens (tertiary/aromatic N) is 1. The second-order valence-corrected chi connectivity index (χ2v) is 4.46. The van der Waals surface area contributed by atoms with Gasteiger partial charge in [0.05, 0.1) is 10.5 Å². The van der Waals surface area contributed by atoms with Crippen LogP contribution in [0.4, 0.5) is 10.1 Å². The lowest BCUT2D eigenvalue weighted by Crippen LogP contribution is -2.12. The molecule has 0 bridgehead atoms. The van der Waals surface area contributed by atoms with Crippen molar-refractivity contribution in [3.8, 4) is 11.5 Å². The summed E-state index contributed by atoms with van der Waals surface area (Å²) in [5, 5.41) is 18.6. The smallest absolute Gasteiger partial charge is 0.311 e. The quantitative estimate of drug-likeness (QED) is 0.390. The SMILES string of the molecule is N=C(N)c1ccc(Cl)cc1Oc1cc(F)ccc1[N+](=O)[O-]. The summed E-state index contributed by atoms with van der Waals surface area (Å²) in [6.07, 6.45) is 0. The second kappa shape index (κ2) is 5.76. The molecule has 0 aromatic heterocycles. The van der Waals surface area contributed by atoms with Crippen molar-refractivity contribution in [1.29, 1.82) is 5.41 Å². The Kier molecular flexibility index (Phi) is 4.04. The summed E-state index contributed by atoms with van der Waals surface area (Å²) < 4.78 is 18.6. The molecule has 0 saturated carbocycles. The fourth-order valence-corrected chi connectivity index (χ4v) is 1.80. The van der Waals surface area contributed by atoms with Gasteiger partial charge < -0.3 is 10.5 Å². The van der Waals surface area contributed by atoms with Crippen LogP contribution in [0, 0.1) is 21.3 Å². The summed E-state index contributed by atoms with van der Waals surface area (Å²) in [4.78, 5) is 10.2. The van der Waals surface area contributed by atoms with Crippen molar-refractivity contribution >= 4 is 23.1 Å². The molecule has 0 radical (unpaired) electrons. The van der Waals surface area contributed by atoms with E-state index in [1.807, 2.05) is 0 Å². The van der Waals surface area contributed by atoms with Gasteiger partial charge in [-0.1, -0.05) is 11.6 Å². The average Bonchev–Trinajstić information content (AvgIpc) is 2.38. The van der Waals surface area contributed by atoms with Gasteiger partial charge in [-0.25, -0.2) is 4.39 Å². The highest BCUT2D eigenvalue weighted by atomic mass is 35.5. The van der Waals surface area contributed by atoms with Crippen LogP contribution in [0.2, 0.25) is 5.02 Å². The molecule has 2 aromatic carbocycles. The third-order valence-corrected chi connectivity index (χ3v) is 2.81. The molecular formula is C13H9ClFN3O3. The van der Waals surface area contributed by atoms with Crippen LogP contribution < -0.4 is 10.5 Å². The van der Waals surface area contributed by atoms with E-state index in [1.54, 1.807) is 0 Å². The lowest BCUT2D eigenvalue weighted by atomic mass is 10.2. The minimum atomic E-state index is -0.702. The number of nitrogens with two attached hydrogens (primary N) is 1. The Morgan fingerprint density at radius 1 is 1.29 bits per heavy atom. The van der Waals surface area contributed by atoms with E-state index >= 15 is 0 Å². The van der Waals surface area contributed by atoms with E-state index in [0.29, 0.717) is 0 Å². The highest BCUT2D eigenvalue weighted by Crippen LogP contribution is 2.34. The number of benzene rings is 2. The Labute approximate surface area is 123 Å². The molecule has 0 saturated heterocycles. The van der Waals surface area contributed by atoms with Crippen LogP contribution in [0.5, 0.6) is 11.5 Å². The maximum Gasteiger partial charge on any atom is 0.311 e. The number of hydrogen-bond acceptors (Lipinski definition) is 4. The van der Waals surface area contributed by atoms with Crippen LogP contribution in [0.25, 0.3) is 0 Å². The van der Waals surface area contributed by atoms with Crippen molar-refractivity contribution < 1.29 is 14.1 Å². The van der Waals surface area contributed by atoms with Crippen LogP contribution >= 0.6 is 11.6 Å². The number of nitro groups is 1. The van der Waals surface area contributed by atoms with Gasteiger partial charge in [-0.3, -0.25) is 15.5 Å². The van der Waals surface area contributed by atoms with E-state index in [9.17, 15) is 14.5 Å². The topological polar surface area (TPSA) is 102 Å². The number of halogens is 2. The lowest BCUT2D eigenvalue weighted by molar-refractivity contribution is -0.385. The lowest BCUT2D eigenvalue weighted by Gasteiger charge is -2.11.